The molecule has 8 heteroatoms. The Balaban J connectivity index is 2.47. The molecule has 0 radical (unpaired) electrons. The number of carbonyl (C=O) groups excluding carboxylic acids is 1. The highest BCUT2D eigenvalue weighted by molar-refractivity contribution is 5.82. The molecule has 0 aliphatic carbocycles. The van der Waals surface area contributed by atoms with Gasteiger partial charge in [0.1, 0.15) is 6.04 Å². The summed E-state index contributed by atoms with van der Waals surface area (Å²) in [5, 5.41) is 11.1. The molecule has 1 heterocycles. The molecule has 0 bridgehead atoms. The topological polar surface area (TPSA) is 69.6 Å². The van der Waals surface area contributed by atoms with Crippen molar-refractivity contribution in [3.63, 3.8) is 0 Å². The third-order valence-electron chi connectivity index (χ3n) is 3.25. The van der Waals surface area contributed by atoms with Crippen LogP contribution in [0.1, 0.15) is 26.2 Å². The van der Waals surface area contributed by atoms with E-state index in [9.17, 15) is 22.8 Å². The summed E-state index contributed by atoms with van der Waals surface area (Å²) in [7, 11) is 0. The molecular weight excluding hydrogens is 265 g/mol. The van der Waals surface area contributed by atoms with Crippen molar-refractivity contribution in [2.24, 2.45) is 5.92 Å². The number of hydrogen-bond acceptors (Lipinski definition) is 2. The van der Waals surface area contributed by atoms with Gasteiger partial charge in [0.25, 0.3) is 0 Å². The van der Waals surface area contributed by atoms with Crippen molar-refractivity contribution in [1.82, 2.24) is 10.2 Å². The van der Waals surface area contributed by atoms with Crippen LogP contribution in [-0.4, -0.2) is 47.3 Å². The second-order valence-electron chi connectivity index (χ2n) is 4.55. The monoisotopic (exact) mass is 282 g/mol. The van der Waals surface area contributed by atoms with E-state index in [1.54, 1.807) is 6.92 Å². The normalized spacial score (nSPS) is 19.1. The summed E-state index contributed by atoms with van der Waals surface area (Å²) in [6.45, 7) is 1.59. The summed E-state index contributed by atoms with van der Waals surface area (Å²) in [5.41, 5.74) is 0. The minimum atomic E-state index is -4.23. The Morgan fingerprint density at radius 3 is 2.26 bits per heavy atom. The SMILES string of the molecule is CC[C@@H](NC(=O)N1CCC(C(F)(F)F)CC1)C(=O)O. The fourth-order valence-corrected chi connectivity index (χ4v) is 1.99. The van der Waals surface area contributed by atoms with Crippen LogP contribution in [0, 0.1) is 5.92 Å². The van der Waals surface area contributed by atoms with Gasteiger partial charge in [-0.1, -0.05) is 6.92 Å². The number of hydrogen-bond donors (Lipinski definition) is 2. The Morgan fingerprint density at radius 2 is 1.89 bits per heavy atom. The second-order valence-corrected chi connectivity index (χ2v) is 4.55. The molecule has 0 aromatic carbocycles. The molecule has 1 saturated heterocycles. The average molecular weight is 282 g/mol. The van der Waals surface area contributed by atoms with Crippen LogP contribution < -0.4 is 5.32 Å². The van der Waals surface area contributed by atoms with Gasteiger partial charge in [0.05, 0.1) is 5.92 Å². The highest BCUT2D eigenvalue weighted by atomic mass is 19.4. The number of halogens is 3. The van der Waals surface area contributed by atoms with Gasteiger partial charge < -0.3 is 15.3 Å². The van der Waals surface area contributed by atoms with Gasteiger partial charge in [-0.25, -0.2) is 9.59 Å². The van der Waals surface area contributed by atoms with Crippen molar-refractivity contribution >= 4 is 12.0 Å². The van der Waals surface area contributed by atoms with E-state index in [0.717, 1.165) is 0 Å². The van der Waals surface area contributed by atoms with E-state index in [1.807, 2.05) is 0 Å². The molecule has 2 amide bonds. The molecule has 1 aliphatic rings. The molecule has 5 nitrogen and oxygen atoms in total. The second kappa shape index (κ2) is 6.12. The number of rotatable bonds is 3. The number of nitrogens with zero attached hydrogens (tertiary/aromatic N) is 1. The Hall–Kier alpha value is -1.47. The minimum absolute atomic E-state index is 0.00787. The number of nitrogens with one attached hydrogen (secondary N) is 1. The lowest BCUT2D eigenvalue weighted by Gasteiger charge is -2.33. The number of amides is 2. The molecule has 19 heavy (non-hydrogen) atoms. The van der Waals surface area contributed by atoms with E-state index in [0.29, 0.717) is 0 Å². The zero-order chi connectivity index (χ0) is 14.6. The first-order valence-electron chi connectivity index (χ1n) is 6.10. The minimum Gasteiger partial charge on any atom is -0.480 e. The Labute approximate surface area is 108 Å². The number of urea groups is 1. The third-order valence-corrected chi connectivity index (χ3v) is 3.25. The summed E-state index contributed by atoms with van der Waals surface area (Å²) in [4.78, 5) is 23.7. The average Bonchev–Trinajstić information content (AvgIpc) is 2.34. The Bertz CT molecular complexity index is 339. The van der Waals surface area contributed by atoms with E-state index in [2.05, 4.69) is 5.32 Å². The third kappa shape index (κ3) is 4.29. The van der Waals surface area contributed by atoms with Crippen LogP contribution in [0.2, 0.25) is 0 Å². The van der Waals surface area contributed by atoms with Gasteiger partial charge in [0.15, 0.2) is 0 Å². The molecule has 0 aromatic rings. The fraction of sp³-hybridized carbons (Fsp3) is 0.818. The highest BCUT2D eigenvalue weighted by Gasteiger charge is 2.41. The fourth-order valence-electron chi connectivity index (χ4n) is 1.99. The van der Waals surface area contributed by atoms with Gasteiger partial charge in [-0.15, -0.1) is 0 Å². The van der Waals surface area contributed by atoms with Gasteiger partial charge >= 0.3 is 18.2 Å². The van der Waals surface area contributed by atoms with E-state index >= 15 is 0 Å². The van der Waals surface area contributed by atoms with Crippen molar-refractivity contribution in [1.29, 1.82) is 0 Å². The molecule has 1 rings (SSSR count). The van der Waals surface area contributed by atoms with E-state index in [4.69, 9.17) is 5.11 Å². The quantitative estimate of drug-likeness (QED) is 0.829. The first-order valence-corrected chi connectivity index (χ1v) is 6.10. The van der Waals surface area contributed by atoms with Gasteiger partial charge in [0, 0.05) is 13.1 Å². The predicted octanol–water partition coefficient (Wildman–Crippen LogP) is 1.83. The molecule has 1 fully saturated rings. The van der Waals surface area contributed by atoms with Gasteiger partial charge in [-0.05, 0) is 19.3 Å². The largest absolute Gasteiger partial charge is 0.480 e. The summed E-state index contributed by atoms with van der Waals surface area (Å²) in [5.74, 6) is -2.53. The summed E-state index contributed by atoms with van der Waals surface area (Å²) in [6.07, 6.45) is -4.28. The van der Waals surface area contributed by atoms with Crippen LogP contribution >= 0.6 is 0 Å². The molecule has 2 N–H and O–H groups in total. The van der Waals surface area contributed by atoms with E-state index < -0.39 is 30.1 Å². The number of likely N-dealkylation sites (tertiary alicyclic amines) is 1. The van der Waals surface area contributed by atoms with Crippen molar-refractivity contribution in [2.75, 3.05) is 13.1 Å². The van der Waals surface area contributed by atoms with Crippen molar-refractivity contribution < 1.29 is 27.9 Å². The predicted molar refractivity (Wildman–Crippen MR) is 60.6 cm³/mol. The Morgan fingerprint density at radius 1 is 1.37 bits per heavy atom. The van der Waals surface area contributed by atoms with Crippen LogP contribution in [-0.2, 0) is 4.79 Å². The molecular formula is C11H17F3N2O3. The lowest BCUT2D eigenvalue weighted by Crippen LogP contribution is -2.51. The maximum Gasteiger partial charge on any atom is 0.391 e. The van der Waals surface area contributed by atoms with Crippen molar-refractivity contribution in [2.45, 2.75) is 38.4 Å². The Kier molecular flexibility index (Phi) is 5.02. The molecule has 1 aliphatic heterocycles. The summed E-state index contributed by atoms with van der Waals surface area (Å²) < 4.78 is 37.3. The molecule has 0 saturated carbocycles. The number of carbonyl (C=O) groups is 2. The maximum absolute atomic E-state index is 12.4. The first-order chi connectivity index (χ1) is 8.75. The van der Waals surface area contributed by atoms with Crippen molar-refractivity contribution in [3.05, 3.63) is 0 Å². The zero-order valence-electron chi connectivity index (χ0n) is 10.5. The van der Waals surface area contributed by atoms with Crippen LogP contribution in [0.4, 0.5) is 18.0 Å². The van der Waals surface area contributed by atoms with Crippen LogP contribution in [0.15, 0.2) is 0 Å². The standard InChI is InChI=1S/C11H17F3N2O3/c1-2-8(9(17)18)15-10(19)16-5-3-7(4-6-16)11(12,13)14/h7-8H,2-6H2,1H3,(H,15,19)(H,17,18)/t8-/m1/s1. The van der Waals surface area contributed by atoms with Gasteiger partial charge in [-0.3, -0.25) is 0 Å². The molecule has 110 valence electrons. The lowest BCUT2D eigenvalue weighted by atomic mass is 9.96. The van der Waals surface area contributed by atoms with Gasteiger partial charge in [-0.2, -0.15) is 13.2 Å². The number of aliphatic carboxylic acids is 1. The summed E-state index contributed by atoms with van der Waals surface area (Å²) >= 11 is 0. The highest BCUT2D eigenvalue weighted by Crippen LogP contribution is 2.33. The van der Waals surface area contributed by atoms with Crippen LogP contribution in [0.3, 0.4) is 0 Å². The lowest BCUT2D eigenvalue weighted by molar-refractivity contribution is -0.183. The van der Waals surface area contributed by atoms with Crippen LogP contribution in [0.5, 0.6) is 0 Å². The van der Waals surface area contributed by atoms with Crippen LogP contribution in [0.25, 0.3) is 0 Å². The molecule has 0 spiro atoms. The number of carboxylic acid groups (broad SMARTS) is 1. The van der Waals surface area contributed by atoms with Crippen molar-refractivity contribution in [3.8, 4) is 0 Å². The molecule has 0 aromatic heterocycles. The smallest absolute Gasteiger partial charge is 0.391 e. The van der Waals surface area contributed by atoms with E-state index in [1.165, 1.54) is 4.90 Å². The summed E-state index contributed by atoms with van der Waals surface area (Å²) in [6, 6.07) is -1.62. The zero-order valence-corrected chi connectivity index (χ0v) is 10.5. The number of carboxylic acids is 1. The molecule has 0 unspecified atom stereocenters. The first kappa shape index (κ1) is 15.6. The number of alkyl halides is 3. The number of piperidine rings is 1. The van der Waals surface area contributed by atoms with E-state index in [-0.39, 0.29) is 32.4 Å². The van der Waals surface area contributed by atoms with Gasteiger partial charge in [0.2, 0.25) is 0 Å². The maximum atomic E-state index is 12.4. The molecule has 1 atom stereocenters.